The van der Waals surface area contributed by atoms with Gasteiger partial charge in [0, 0.05) is 5.69 Å². The van der Waals surface area contributed by atoms with Gasteiger partial charge in [-0.3, -0.25) is 9.59 Å². The summed E-state index contributed by atoms with van der Waals surface area (Å²) in [6, 6.07) is 12.3. The maximum atomic E-state index is 13.7. The van der Waals surface area contributed by atoms with Crippen molar-refractivity contribution in [1.82, 2.24) is 0 Å². The fourth-order valence-corrected chi connectivity index (χ4v) is 3.16. The van der Waals surface area contributed by atoms with Crippen LogP contribution in [0.25, 0.3) is 0 Å². The Bertz CT molecular complexity index is 1180. The van der Waals surface area contributed by atoms with Crippen LogP contribution in [-0.2, 0) is 17.4 Å². The minimum absolute atomic E-state index is 0.211. The zero-order valence-electron chi connectivity index (χ0n) is 16.1. The minimum atomic E-state index is -4.83. The second kappa shape index (κ2) is 9.58. The predicted molar refractivity (Wildman–Crippen MR) is 115 cm³/mol. The van der Waals surface area contributed by atoms with Crippen molar-refractivity contribution in [2.75, 3.05) is 10.6 Å². The summed E-state index contributed by atoms with van der Waals surface area (Å²) in [5, 5.41) is 4.93. The summed E-state index contributed by atoms with van der Waals surface area (Å²) < 4.78 is 54.5. The van der Waals surface area contributed by atoms with Crippen molar-refractivity contribution >= 4 is 46.4 Å². The fraction of sp³-hybridized carbons (Fsp3) is 0.0909. The van der Waals surface area contributed by atoms with E-state index in [0.29, 0.717) is 11.6 Å². The van der Waals surface area contributed by atoms with Crippen LogP contribution in [0.15, 0.2) is 60.7 Å². The molecule has 3 aromatic carbocycles. The van der Waals surface area contributed by atoms with Crippen molar-refractivity contribution < 1.29 is 27.2 Å². The zero-order valence-corrected chi connectivity index (χ0v) is 17.6. The van der Waals surface area contributed by atoms with E-state index >= 15 is 0 Å². The summed E-state index contributed by atoms with van der Waals surface area (Å²) in [4.78, 5) is 24.5. The van der Waals surface area contributed by atoms with Gasteiger partial charge in [0.1, 0.15) is 5.82 Å². The summed E-state index contributed by atoms with van der Waals surface area (Å²) in [5.41, 5.74) is -1.75. The zero-order chi connectivity index (χ0) is 23.5. The molecule has 0 unspecified atom stereocenters. The Hall–Kier alpha value is -3.10. The molecule has 0 heterocycles. The Labute approximate surface area is 190 Å². The van der Waals surface area contributed by atoms with Crippen LogP contribution in [0.3, 0.4) is 0 Å². The van der Waals surface area contributed by atoms with Crippen molar-refractivity contribution in [3.05, 3.63) is 93.2 Å². The number of carbonyl (C=O) groups excluding carboxylic acids is 2. The summed E-state index contributed by atoms with van der Waals surface area (Å²) in [6.07, 6.45) is -5.06. The first kappa shape index (κ1) is 23.6. The number of benzene rings is 3. The van der Waals surface area contributed by atoms with Gasteiger partial charge in [-0.2, -0.15) is 13.2 Å². The van der Waals surface area contributed by atoms with Crippen LogP contribution >= 0.6 is 23.2 Å². The molecule has 0 aromatic heterocycles. The molecular weight excluding hydrogens is 471 g/mol. The quantitative estimate of drug-likeness (QED) is 0.401. The summed E-state index contributed by atoms with van der Waals surface area (Å²) in [7, 11) is 0. The lowest BCUT2D eigenvalue weighted by Gasteiger charge is -2.16. The highest BCUT2D eigenvalue weighted by atomic mass is 35.5. The number of amides is 2. The molecule has 3 rings (SSSR count). The third-order valence-electron chi connectivity index (χ3n) is 4.32. The first-order valence-corrected chi connectivity index (χ1v) is 9.81. The van der Waals surface area contributed by atoms with E-state index in [2.05, 4.69) is 10.6 Å². The second-order valence-corrected chi connectivity index (χ2v) is 7.48. The topological polar surface area (TPSA) is 58.2 Å². The van der Waals surface area contributed by atoms with Crippen LogP contribution in [0.5, 0.6) is 0 Å². The third-order valence-corrected chi connectivity index (χ3v) is 5.06. The Kier molecular flexibility index (Phi) is 7.06. The number of carbonyl (C=O) groups is 2. The summed E-state index contributed by atoms with van der Waals surface area (Å²) >= 11 is 11.7. The van der Waals surface area contributed by atoms with Gasteiger partial charge in [-0.25, -0.2) is 4.39 Å². The van der Waals surface area contributed by atoms with Crippen LogP contribution in [-0.4, -0.2) is 11.8 Å². The van der Waals surface area contributed by atoms with E-state index < -0.39 is 35.1 Å². The lowest BCUT2D eigenvalue weighted by molar-refractivity contribution is -0.136. The lowest BCUT2D eigenvalue weighted by atomic mass is 10.1. The Balaban J connectivity index is 1.80. The summed E-state index contributed by atoms with van der Waals surface area (Å²) in [5.74, 6) is -2.43. The van der Waals surface area contributed by atoms with Gasteiger partial charge in [0.25, 0.3) is 5.91 Å². The van der Waals surface area contributed by atoms with Gasteiger partial charge in [0.15, 0.2) is 0 Å². The van der Waals surface area contributed by atoms with Gasteiger partial charge in [0.05, 0.1) is 33.3 Å². The largest absolute Gasteiger partial charge is 0.418 e. The van der Waals surface area contributed by atoms with Crippen LogP contribution in [0, 0.1) is 5.82 Å². The molecule has 0 atom stereocenters. The van der Waals surface area contributed by atoms with Gasteiger partial charge in [0.2, 0.25) is 5.91 Å². The van der Waals surface area contributed by atoms with Crippen molar-refractivity contribution in [2.24, 2.45) is 0 Å². The smallest absolute Gasteiger partial charge is 0.325 e. The lowest BCUT2D eigenvalue weighted by Crippen LogP contribution is -2.19. The Morgan fingerprint density at radius 2 is 1.59 bits per heavy atom. The number of halogens is 6. The van der Waals surface area contributed by atoms with Gasteiger partial charge >= 0.3 is 6.18 Å². The molecule has 0 bridgehead atoms. The molecule has 0 saturated carbocycles. The predicted octanol–water partition coefficient (Wildman–Crippen LogP) is 6.58. The van der Waals surface area contributed by atoms with E-state index in [-0.39, 0.29) is 27.7 Å². The van der Waals surface area contributed by atoms with E-state index in [1.165, 1.54) is 42.5 Å². The highest BCUT2D eigenvalue weighted by molar-refractivity contribution is 6.42. The molecule has 0 aliphatic rings. The molecule has 2 N–H and O–H groups in total. The molecule has 32 heavy (non-hydrogen) atoms. The molecule has 166 valence electrons. The monoisotopic (exact) mass is 484 g/mol. The maximum Gasteiger partial charge on any atom is 0.418 e. The van der Waals surface area contributed by atoms with E-state index in [0.717, 1.165) is 12.1 Å². The van der Waals surface area contributed by atoms with Crippen LogP contribution in [0.2, 0.25) is 10.0 Å². The van der Waals surface area contributed by atoms with Gasteiger partial charge in [-0.05, 0) is 48.0 Å². The normalized spacial score (nSPS) is 11.2. The average Bonchev–Trinajstić information content (AvgIpc) is 2.71. The molecule has 10 heteroatoms. The summed E-state index contributed by atoms with van der Waals surface area (Å²) in [6.45, 7) is 0. The van der Waals surface area contributed by atoms with Crippen molar-refractivity contribution in [3.63, 3.8) is 0 Å². The molecule has 0 fully saturated rings. The molecule has 2 amide bonds. The number of rotatable bonds is 5. The van der Waals surface area contributed by atoms with Crippen LogP contribution < -0.4 is 10.6 Å². The van der Waals surface area contributed by atoms with Crippen LogP contribution in [0.1, 0.15) is 21.5 Å². The number of alkyl halides is 3. The molecule has 4 nitrogen and oxygen atoms in total. The SMILES string of the molecule is O=C(Cc1ccc(Cl)c(Cl)c1)Nc1ccc(NC(=O)c2ccccc2F)cc1C(F)(F)F. The molecule has 0 aliphatic heterocycles. The van der Waals surface area contributed by atoms with Gasteiger partial charge in [-0.1, -0.05) is 41.4 Å². The third kappa shape index (κ3) is 5.77. The first-order chi connectivity index (χ1) is 15.0. The van der Waals surface area contributed by atoms with E-state index in [9.17, 15) is 27.2 Å². The highest BCUT2D eigenvalue weighted by Gasteiger charge is 2.34. The number of nitrogens with one attached hydrogen (secondary N) is 2. The van der Waals surface area contributed by atoms with Crippen molar-refractivity contribution in [3.8, 4) is 0 Å². The molecule has 0 spiro atoms. The van der Waals surface area contributed by atoms with E-state index in [1.807, 2.05) is 0 Å². The highest BCUT2D eigenvalue weighted by Crippen LogP contribution is 2.37. The molecule has 0 radical (unpaired) electrons. The first-order valence-electron chi connectivity index (χ1n) is 9.05. The number of anilines is 2. The van der Waals surface area contributed by atoms with Crippen molar-refractivity contribution in [2.45, 2.75) is 12.6 Å². The molecule has 0 saturated heterocycles. The standard InChI is InChI=1S/C22H14Cl2F4N2O2/c23-16-7-5-12(9-17(16)24)10-20(31)30-19-8-6-13(11-15(19)22(26,27)28)29-21(32)14-3-1-2-4-18(14)25/h1-9,11H,10H2,(H,29,32)(H,30,31). The number of hydrogen-bond donors (Lipinski definition) is 2. The minimum Gasteiger partial charge on any atom is -0.325 e. The average molecular weight is 485 g/mol. The molecule has 0 aliphatic carbocycles. The van der Waals surface area contributed by atoms with E-state index in [4.69, 9.17) is 23.2 Å². The molecular formula is C22H14Cl2F4N2O2. The fourth-order valence-electron chi connectivity index (χ4n) is 2.84. The number of hydrogen-bond acceptors (Lipinski definition) is 2. The second-order valence-electron chi connectivity index (χ2n) is 6.67. The molecule has 3 aromatic rings. The Morgan fingerprint density at radius 1 is 0.875 bits per heavy atom. The van der Waals surface area contributed by atoms with E-state index in [1.54, 1.807) is 0 Å². The van der Waals surface area contributed by atoms with Crippen LogP contribution in [0.4, 0.5) is 28.9 Å². The van der Waals surface area contributed by atoms with Crippen molar-refractivity contribution in [1.29, 1.82) is 0 Å². The Morgan fingerprint density at radius 3 is 2.25 bits per heavy atom. The van der Waals surface area contributed by atoms with Gasteiger partial charge < -0.3 is 10.6 Å². The van der Waals surface area contributed by atoms with Gasteiger partial charge in [-0.15, -0.1) is 0 Å². The maximum absolute atomic E-state index is 13.7.